The summed E-state index contributed by atoms with van der Waals surface area (Å²) < 4.78 is 13.6. The highest BCUT2D eigenvalue weighted by Crippen LogP contribution is 2.07. The van der Waals surface area contributed by atoms with E-state index >= 15 is 0 Å². The zero-order chi connectivity index (χ0) is 16.4. The zero-order valence-corrected chi connectivity index (χ0v) is 16.3. The molecule has 0 unspecified atom stereocenters. The molecule has 1 amide bonds. The highest BCUT2D eigenvalue weighted by Gasteiger charge is 2.06. The van der Waals surface area contributed by atoms with Crippen LogP contribution in [0.4, 0.5) is 4.39 Å². The lowest BCUT2D eigenvalue weighted by Gasteiger charge is -2.15. The molecule has 130 valence electrons. The van der Waals surface area contributed by atoms with E-state index in [2.05, 4.69) is 22.5 Å². The number of guanidine groups is 1. The van der Waals surface area contributed by atoms with Crippen molar-refractivity contribution in [3.63, 3.8) is 0 Å². The number of aliphatic imine (C=N–C) groups is 1. The maximum atomic E-state index is 13.6. The van der Waals surface area contributed by atoms with Gasteiger partial charge in [-0.25, -0.2) is 9.38 Å². The topological polar surface area (TPSA) is 56.7 Å². The molecule has 1 aromatic rings. The SMILES string of the molecule is CCCCNC(=NCc1ccccc1F)NCC(=O)N(C)C.I. The average molecular weight is 436 g/mol. The molecule has 2 N–H and O–H groups in total. The Labute approximate surface area is 154 Å². The molecule has 0 heterocycles. The van der Waals surface area contributed by atoms with Gasteiger partial charge in [0.05, 0.1) is 13.1 Å². The minimum absolute atomic E-state index is 0. The highest BCUT2D eigenvalue weighted by atomic mass is 127. The summed E-state index contributed by atoms with van der Waals surface area (Å²) in [4.78, 5) is 17.5. The number of carbonyl (C=O) groups is 1. The largest absolute Gasteiger partial charge is 0.356 e. The van der Waals surface area contributed by atoms with Crippen LogP contribution in [0.15, 0.2) is 29.3 Å². The van der Waals surface area contributed by atoms with E-state index in [1.54, 1.807) is 32.3 Å². The summed E-state index contributed by atoms with van der Waals surface area (Å²) in [6.45, 7) is 3.24. The van der Waals surface area contributed by atoms with Crippen LogP contribution in [0, 0.1) is 5.82 Å². The van der Waals surface area contributed by atoms with Gasteiger partial charge >= 0.3 is 0 Å². The molecular formula is C16H26FIN4O. The number of hydrogen-bond acceptors (Lipinski definition) is 2. The molecule has 0 saturated heterocycles. The minimum atomic E-state index is -0.275. The van der Waals surface area contributed by atoms with Crippen LogP contribution in [0.5, 0.6) is 0 Å². The Kier molecular flexibility index (Phi) is 11.4. The van der Waals surface area contributed by atoms with Gasteiger partial charge in [0.15, 0.2) is 5.96 Å². The van der Waals surface area contributed by atoms with Crippen LogP contribution in [0.2, 0.25) is 0 Å². The van der Waals surface area contributed by atoms with E-state index in [1.165, 1.54) is 11.0 Å². The molecule has 7 heteroatoms. The van der Waals surface area contributed by atoms with E-state index in [0.29, 0.717) is 11.5 Å². The van der Waals surface area contributed by atoms with Crippen molar-refractivity contribution in [1.29, 1.82) is 0 Å². The highest BCUT2D eigenvalue weighted by molar-refractivity contribution is 14.0. The van der Waals surface area contributed by atoms with Gasteiger partial charge in [-0.3, -0.25) is 4.79 Å². The fourth-order valence-corrected chi connectivity index (χ4v) is 1.67. The maximum Gasteiger partial charge on any atom is 0.241 e. The molecule has 0 atom stereocenters. The molecule has 0 fully saturated rings. The number of carbonyl (C=O) groups excluding carboxylic acids is 1. The molecule has 23 heavy (non-hydrogen) atoms. The van der Waals surface area contributed by atoms with E-state index in [1.807, 2.05) is 0 Å². The summed E-state index contributed by atoms with van der Waals surface area (Å²) in [5.41, 5.74) is 0.526. The molecule has 0 spiro atoms. The van der Waals surface area contributed by atoms with Crippen LogP contribution >= 0.6 is 24.0 Å². The molecule has 0 bridgehead atoms. The Balaban J connectivity index is 0.00000484. The number of benzene rings is 1. The first kappa shape index (κ1) is 21.6. The van der Waals surface area contributed by atoms with Gasteiger partial charge in [0.2, 0.25) is 5.91 Å². The Morgan fingerprint density at radius 1 is 1.26 bits per heavy atom. The number of nitrogens with one attached hydrogen (secondary N) is 2. The smallest absolute Gasteiger partial charge is 0.241 e. The van der Waals surface area contributed by atoms with Crippen molar-refractivity contribution in [1.82, 2.24) is 15.5 Å². The molecule has 0 aliphatic carbocycles. The molecule has 0 aliphatic rings. The number of halogens is 2. The fraction of sp³-hybridized carbons (Fsp3) is 0.500. The van der Waals surface area contributed by atoms with Crippen molar-refractivity contribution >= 4 is 35.8 Å². The number of amides is 1. The van der Waals surface area contributed by atoms with Crippen LogP contribution in [0.3, 0.4) is 0 Å². The van der Waals surface area contributed by atoms with Crippen LogP contribution in [0.25, 0.3) is 0 Å². The van der Waals surface area contributed by atoms with Crippen molar-refractivity contribution in [3.8, 4) is 0 Å². The van der Waals surface area contributed by atoms with Gasteiger partial charge in [-0.2, -0.15) is 0 Å². The molecule has 5 nitrogen and oxygen atoms in total. The Hall–Kier alpha value is -1.38. The molecule has 0 saturated carbocycles. The van der Waals surface area contributed by atoms with E-state index < -0.39 is 0 Å². The van der Waals surface area contributed by atoms with Crippen molar-refractivity contribution in [2.75, 3.05) is 27.2 Å². The van der Waals surface area contributed by atoms with Crippen molar-refractivity contribution in [3.05, 3.63) is 35.6 Å². The minimum Gasteiger partial charge on any atom is -0.356 e. The number of rotatable bonds is 7. The normalized spacial score (nSPS) is 10.7. The van der Waals surface area contributed by atoms with Crippen LogP contribution < -0.4 is 10.6 Å². The summed E-state index contributed by atoms with van der Waals surface area (Å²) in [6, 6.07) is 6.55. The summed E-state index contributed by atoms with van der Waals surface area (Å²) in [5, 5.41) is 6.13. The number of likely N-dealkylation sites (N-methyl/N-ethyl adjacent to an activating group) is 1. The maximum absolute atomic E-state index is 13.6. The second kappa shape index (κ2) is 12.1. The molecule has 0 aromatic heterocycles. The van der Waals surface area contributed by atoms with Crippen LogP contribution in [0.1, 0.15) is 25.3 Å². The number of nitrogens with zero attached hydrogens (tertiary/aromatic N) is 2. The monoisotopic (exact) mass is 436 g/mol. The van der Waals surface area contributed by atoms with Crippen molar-refractivity contribution < 1.29 is 9.18 Å². The van der Waals surface area contributed by atoms with Gasteiger partial charge in [0.1, 0.15) is 5.82 Å². The quantitative estimate of drug-likeness (QED) is 0.299. The second-order valence-corrected chi connectivity index (χ2v) is 5.18. The standard InChI is InChI=1S/C16H25FN4O.HI/c1-4-5-10-18-16(20-12-15(22)21(2)3)19-11-13-8-6-7-9-14(13)17;/h6-9H,4-5,10-12H2,1-3H3,(H2,18,19,20);1H. The fourth-order valence-electron chi connectivity index (χ4n) is 1.67. The zero-order valence-electron chi connectivity index (χ0n) is 13.9. The number of hydrogen-bond donors (Lipinski definition) is 2. The molecule has 1 aromatic carbocycles. The Bertz CT molecular complexity index is 509. The lowest BCUT2D eigenvalue weighted by atomic mass is 10.2. The first-order chi connectivity index (χ1) is 10.5. The van der Waals surface area contributed by atoms with E-state index in [4.69, 9.17) is 0 Å². The molecule has 1 rings (SSSR count). The summed E-state index contributed by atoms with van der Waals surface area (Å²) in [7, 11) is 3.40. The van der Waals surface area contributed by atoms with Crippen LogP contribution in [-0.4, -0.2) is 44.0 Å². The molecular weight excluding hydrogens is 410 g/mol. The van der Waals surface area contributed by atoms with Crippen LogP contribution in [-0.2, 0) is 11.3 Å². The summed E-state index contributed by atoms with van der Waals surface area (Å²) >= 11 is 0. The van der Waals surface area contributed by atoms with Gasteiger partial charge in [-0.15, -0.1) is 24.0 Å². The molecule has 0 radical (unpaired) electrons. The third kappa shape index (κ3) is 8.73. The second-order valence-electron chi connectivity index (χ2n) is 5.18. The van der Waals surface area contributed by atoms with Gasteiger partial charge < -0.3 is 15.5 Å². The van der Waals surface area contributed by atoms with E-state index in [-0.39, 0.29) is 48.8 Å². The predicted octanol–water partition coefficient (Wildman–Crippen LogP) is 2.37. The van der Waals surface area contributed by atoms with E-state index in [9.17, 15) is 9.18 Å². The average Bonchev–Trinajstić information content (AvgIpc) is 2.50. The lowest BCUT2D eigenvalue weighted by Crippen LogP contribution is -2.43. The Morgan fingerprint density at radius 3 is 2.57 bits per heavy atom. The van der Waals surface area contributed by atoms with E-state index in [0.717, 1.165) is 19.4 Å². The third-order valence-electron chi connectivity index (χ3n) is 3.09. The lowest BCUT2D eigenvalue weighted by molar-refractivity contribution is -0.127. The summed E-state index contributed by atoms with van der Waals surface area (Å²) in [6.07, 6.45) is 2.06. The van der Waals surface area contributed by atoms with Crippen molar-refractivity contribution in [2.45, 2.75) is 26.3 Å². The molecule has 0 aliphatic heterocycles. The third-order valence-corrected chi connectivity index (χ3v) is 3.09. The first-order valence-corrected chi connectivity index (χ1v) is 7.50. The Morgan fingerprint density at radius 2 is 1.96 bits per heavy atom. The first-order valence-electron chi connectivity index (χ1n) is 7.50. The van der Waals surface area contributed by atoms with Crippen molar-refractivity contribution in [2.24, 2.45) is 4.99 Å². The van der Waals surface area contributed by atoms with Gasteiger partial charge in [-0.05, 0) is 12.5 Å². The van der Waals surface area contributed by atoms with Gasteiger partial charge in [0.25, 0.3) is 0 Å². The predicted molar refractivity (Wildman–Crippen MR) is 103 cm³/mol. The van der Waals surface area contributed by atoms with Gasteiger partial charge in [-0.1, -0.05) is 31.5 Å². The summed E-state index contributed by atoms with van der Waals surface area (Å²) in [5.74, 6) is 0.200. The van der Waals surface area contributed by atoms with Gasteiger partial charge in [0, 0.05) is 26.2 Å². The number of unbranched alkanes of at least 4 members (excludes halogenated alkanes) is 1.